The SMILES string of the molecule is Cc1cc(N)nnc1-c1ccc(C(F)(F)F)cc1NS(=O)[O-]. The maximum atomic E-state index is 12.7. The first kappa shape index (κ1) is 16.2. The maximum Gasteiger partial charge on any atom is 0.416 e. The smallest absolute Gasteiger partial charge is 0.416 e. The highest BCUT2D eigenvalue weighted by Crippen LogP contribution is 2.36. The molecule has 2 aromatic rings. The maximum absolute atomic E-state index is 12.7. The number of benzene rings is 1. The Morgan fingerprint density at radius 3 is 2.50 bits per heavy atom. The van der Waals surface area contributed by atoms with Gasteiger partial charge in [-0.25, -0.2) is 0 Å². The van der Waals surface area contributed by atoms with Crippen LogP contribution < -0.4 is 10.5 Å². The molecule has 0 radical (unpaired) electrons. The van der Waals surface area contributed by atoms with Crippen molar-refractivity contribution in [3.05, 3.63) is 35.4 Å². The Balaban J connectivity index is 2.61. The minimum atomic E-state index is -4.60. The van der Waals surface area contributed by atoms with Crippen molar-refractivity contribution in [2.75, 3.05) is 10.5 Å². The van der Waals surface area contributed by atoms with Crippen molar-refractivity contribution in [2.24, 2.45) is 0 Å². The van der Waals surface area contributed by atoms with Crippen LogP contribution in [0.5, 0.6) is 0 Å². The molecular formula is C12H10F3N4O2S-. The first-order chi connectivity index (χ1) is 10.2. The lowest BCUT2D eigenvalue weighted by atomic mass is 10.0. The predicted octanol–water partition coefficient (Wildman–Crippen LogP) is 2.26. The van der Waals surface area contributed by atoms with Crippen molar-refractivity contribution in [1.29, 1.82) is 0 Å². The molecule has 118 valence electrons. The van der Waals surface area contributed by atoms with Crippen molar-refractivity contribution in [3.63, 3.8) is 0 Å². The Bertz CT molecular complexity index is 737. The second-order valence-electron chi connectivity index (χ2n) is 4.40. The molecule has 10 heteroatoms. The number of halogens is 3. The van der Waals surface area contributed by atoms with E-state index in [1.165, 1.54) is 6.07 Å². The molecule has 0 fully saturated rings. The van der Waals surface area contributed by atoms with Gasteiger partial charge in [-0.1, -0.05) is 6.07 Å². The fraction of sp³-hybridized carbons (Fsp3) is 0.167. The van der Waals surface area contributed by atoms with E-state index < -0.39 is 23.0 Å². The van der Waals surface area contributed by atoms with Crippen LogP contribution in [0.1, 0.15) is 11.1 Å². The summed E-state index contributed by atoms with van der Waals surface area (Å²) in [5.74, 6) is 0.148. The fourth-order valence-corrected chi connectivity index (χ4v) is 2.22. The van der Waals surface area contributed by atoms with Crippen LogP contribution in [0, 0.1) is 6.92 Å². The molecule has 0 spiro atoms. The fourth-order valence-electron chi connectivity index (χ4n) is 1.87. The molecule has 1 aromatic heterocycles. The van der Waals surface area contributed by atoms with Crippen LogP contribution in [0.4, 0.5) is 24.7 Å². The van der Waals surface area contributed by atoms with E-state index >= 15 is 0 Å². The van der Waals surface area contributed by atoms with Gasteiger partial charge in [-0.05, 0) is 30.7 Å². The Labute approximate surface area is 126 Å². The number of nitrogens with zero attached hydrogens (tertiary/aromatic N) is 2. The minimum Gasteiger partial charge on any atom is -0.755 e. The summed E-state index contributed by atoms with van der Waals surface area (Å²) in [5.41, 5.74) is 5.19. The molecule has 6 nitrogen and oxygen atoms in total. The van der Waals surface area contributed by atoms with Crippen molar-refractivity contribution < 1.29 is 21.9 Å². The van der Waals surface area contributed by atoms with Gasteiger partial charge in [0.25, 0.3) is 0 Å². The summed E-state index contributed by atoms with van der Waals surface area (Å²) in [6.07, 6.45) is -4.60. The highest BCUT2D eigenvalue weighted by molar-refractivity contribution is 7.80. The topological polar surface area (TPSA) is 104 Å². The van der Waals surface area contributed by atoms with Gasteiger partial charge in [-0.15, -0.1) is 10.2 Å². The molecule has 1 atom stereocenters. The van der Waals surface area contributed by atoms with Gasteiger partial charge in [0.1, 0.15) is 5.82 Å². The van der Waals surface area contributed by atoms with E-state index in [-0.39, 0.29) is 22.8 Å². The van der Waals surface area contributed by atoms with Gasteiger partial charge >= 0.3 is 6.18 Å². The second kappa shape index (κ2) is 5.89. The third-order valence-electron chi connectivity index (χ3n) is 2.80. The summed E-state index contributed by atoms with van der Waals surface area (Å²) in [5, 5.41) is 7.44. The van der Waals surface area contributed by atoms with Crippen LogP contribution in [-0.2, 0) is 17.4 Å². The third kappa shape index (κ3) is 3.52. The van der Waals surface area contributed by atoms with Gasteiger partial charge < -0.3 is 15.0 Å². The van der Waals surface area contributed by atoms with E-state index in [2.05, 4.69) is 10.2 Å². The normalized spacial score (nSPS) is 13.0. The van der Waals surface area contributed by atoms with Gasteiger partial charge in [-0.3, -0.25) is 4.21 Å². The average molecular weight is 331 g/mol. The summed E-state index contributed by atoms with van der Waals surface area (Å²) in [6.45, 7) is 1.63. The first-order valence-electron chi connectivity index (χ1n) is 5.86. The zero-order chi connectivity index (χ0) is 16.5. The van der Waals surface area contributed by atoms with Crippen LogP contribution in [-0.4, -0.2) is 19.0 Å². The minimum absolute atomic E-state index is 0.148. The van der Waals surface area contributed by atoms with Crippen molar-refractivity contribution in [3.8, 4) is 11.3 Å². The largest absolute Gasteiger partial charge is 0.755 e. The lowest BCUT2D eigenvalue weighted by Crippen LogP contribution is -2.09. The lowest BCUT2D eigenvalue weighted by molar-refractivity contribution is -0.137. The van der Waals surface area contributed by atoms with Crippen LogP contribution in [0.2, 0.25) is 0 Å². The number of hydrogen-bond donors (Lipinski definition) is 2. The summed E-state index contributed by atoms with van der Waals surface area (Å²) >= 11 is -2.79. The Morgan fingerprint density at radius 2 is 1.95 bits per heavy atom. The Kier molecular flexibility index (Phi) is 4.33. The molecular weight excluding hydrogens is 321 g/mol. The van der Waals surface area contributed by atoms with Gasteiger partial charge in [0.05, 0.1) is 16.9 Å². The molecule has 0 aliphatic carbocycles. The van der Waals surface area contributed by atoms with Crippen LogP contribution >= 0.6 is 0 Å². The zero-order valence-corrected chi connectivity index (χ0v) is 12.0. The van der Waals surface area contributed by atoms with E-state index in [1.54, 1.807) is 6.92 Å². The molecule has 1 unspecified atom stereocenters. The summed E-state index contributed by atoms with van der Waals surface area (Å²) in [7, 11) is 0. The van der Waals surface area contributed by atoms with E-state index in [9.17, 15) is 21.9 Å². The molecule has 0 saturated carbocycles. The number of nitrogens with one attached hydrogen (secondary N) is 1. The van der Waals surface area contributed by atoms with Gasteiger partial charge in [0.2, 0.25) is 0 Å². The van der Waals surface area contributed by atoms with Crippen molar-refractivity contribution >= 4 is 22.8 Å². The molecule has 0 aliphatic rings. The van der Waals surface area contributed by atoms with E-state index in [1.807, 2.05) is 4.72 Å². The molecule has 0 bridgehead atoms. The Morgan fingerprint density at radius 1 is 1.27 bits per heavy atom. The predicted molar refractivity (Wildman–Crippen MR) is 74.2 cm³/mol. The number of nitrogens with two attached hydrogens (primary N) is 1. The second-order valence-corrected chi connectivity index (χ2v) is 5.07. The summed E-state index contributed by atoms with van der Waals surface area (Å²) in [6, 6.07) is 4.15. The number of anilines is 2. The number of aryl methyl sites for hydroxylation is 1. The number of nitrogen functional groups attached to an aromatic ring is 1. The number of rotatable bonds is 3. The molecule has 0 aliphatic heterocycles. The highest BCUT2D eigenvalue weighted by Gasteiger charge is 2.31. The summed E-state index contributed by atoms with van der Waals surface area (Å²) < 4.78 is 61.8. The average Bonchev–Trinajstić information content (AvgIpc) is 2.37. The van der Waals surface area contributed by atoms with Crippen LogP contribution in [0.15, 0.2) is 24.3 Å². The van der Waals surface area contributed by atoms with E-state index in [4.69, 9.17) is 5.73 Å². The quantitative estimate of drug-likeness (QED) is 0.840. The van der Waals surface area contributed by atoms with Crippen LogP contribution in [0.3, 0.4) is 0 Å². The molecule has 0 saturated heterocycles. The van der Waals surface area contributed by atoms with Gasteiger partial charge in [-0.2, -0.15) is 13.2 Å². The lowest BCUT2D eigenvalue weighted by Gasteiger charge is -2.16. The number of hydrogen-bond acceptors (Lipinski definition) is 5. The first-order valence-corrected chi connectivity index (χ1v) is 6.93. The van der Waals surface area contributed by atoms with E-state index in [0.717, 1.165) is 12.1 Å². The highest BCUT2D eigenvalue weighted by atomic mass is 32.2. The van der Waals surface area contributed by atoms with Crippen LogP contribution in [0.25, 0.3) is 11.3 Å². The molecule has 0 amide bonds. The summed E-state index contributed by atoms with van der Waals surface area (Å²) in [4.78, 5) is 0. The third-order valence-corrected chi connectivity index (χ3v) is 3.19. The molecule has 22 heavy (non-hydrogen) atoms. The van der Waals surface area contributed by atoms with Gasteiger partial charge in [0, 0.05) is 16.8 Å². The molecule has 2 rings (SSSR count). The number of aromatic nitrogens is 2. The molecule has 1 aromatic carbocycles. The standard InChI is InChI=1S/C12H11F3N4O2S/c1-6-4-10(16)17-18-11(6)8-3-2-7(12(13,14)15)5-9(8)19-22(20)21/h2-5,19H,1H3,(H2,16,17)(H,20,21)/p-1. The Hall–Kier alpha value is -2.20. The molecule has 1 heterocycles. The zero-order valence-electron chi connectivity index (χ0n) is 11.1. The van der Waals surface area contributed by atoms with Crippen molar-refractivity contribution in [1.82, 2.24) is 10.2 Å². The van der Waals surface area contributed by atoms with Crippen molar-refractivity contribution in [2.45, 2.75) is 13.1 Å². The molecule has 3 N–H and O–H groups in total. The monoisotopic (exact) mass is 331 g/mol. The number of alkyl halides is 3. The van der Waals surface area contributed by atoms with Gasteiger partial charge in [0.15, 0.2) is 0 Å². The van der Waals surface area contributed by atoms with E-state index in [0.29, 0.717) is 11.6 Å².